The molecule has 1 atom stereocenters. The van der Waals surface area contributed by atoms with Crippen LogP contribution in [0, 0.1) is 5.92 Å². The van der Waals surface area contributed by atoms with Gasteiger partial charge in [-0.3, -0.25) is 5.32 Å². The van der Waals surface area contributed by atoms with Crippen LogP contribution in [0.15, 0.2) is 15.4 Å². The summed E-state index contributed by atoms with van der Waals surface area (Å²) >= 11 is 0.299. The fourth-order valence-corrected chi connectivity index (χ4v) is 4.35. The van der Waals surface area contributed by atoms with Gasteiger partial charge in [-0.05, 0) is 0 Å². The molecule has 0 bridgehead atoms. The van der Waals surface area contributed by atoms with E-state index in [-0.39, 0.29) is 17.6 Å². The van der Waals surface area contributed by atoms with Gasteiger partial charge in [-0.15, -0.1) is 11.3 Å². The summed E-state index contributed by atoms with van der Waals surface area (Å²) in [6.07, 6.45) is -7.01. The van der Waals surface area contributed by atoms with Gasteiger partial charge in [-0.1, -0.05) is 0 Å². The molecule has 3 aliphatic rings. The Hall–Kier alpha value is -2.12. The van der Waals surface area contributed by atoms with E-state index in [1.807, 2.05) is 0 Å². The molecule has 0 saturated heterocycles. The molecule has 2 heterocycles. The number of thiazole rings is 1. The first-order valence-corrected chi connectivity index (χ1v) is 9.43. The second-order valence-corrected chi connectivity index (χ2v) is 8.26. The highest BCUT2D eigenvalue weighted by Gasteiger charge is 2.59. The molecule has 6 nitrogen and oxygen atoms in total. The first kappa shape index (κ1) is 20.2. The molecular formula is C15H15F7N6S. The number of aliphatic imine (C=N–C) groups is 2. The number of nitrogens with one attached hydrogen (secondary N) is 2. The molecule has 1 aliphatic heterocycles. The Morgan fingerprint density at radius 1 is 1.10 bits per heavy atom. The van der Waals surface area contributed by atoms with Crippen molar-refractivity contribution in [3.05, 3.63) is 16.1 Å². The van der Waals surface area contributed by atoms with Crippen LogP contribution < -0.4 is 16.4 Å². The van der Waals surface area contributed by atoms with Crippen LogP contribution in [-0.2, 0) is 11.8 Å². The highest BCUT2D eigenvalue weighted by molar-refractivity contribution is 7.09. The fraction of sp³-hybridized carbons (Fsp3) is 0.667. The standard InChI is InChI=1S/C15H15F7N6S/c16-12(17)1-6(2-12)14(8-5-29-9(25-8)15(20,21)22)27-10(23)26-11(28-14)24-7-3-13(18,19)4-7/h5-7H,1-4H2,(H4,23,24,26,27,28). The summed E-state index contributed by atoms with van der Waals surface area (Å²) in [6.45, 7) is 0. The topological polar surface area (TPSA) is 87.7 Å². The summed E-state index contributed by atoms with van der Waals surface area (Å²) in [5.74, 6) is -7.16. The quantitative estimate of drug-likeness (QED) is 0.626. The monoisotopic (exact) mass is 444 g/mol. The SMILES string of the molecule is NC1=NC(c2csc(C(F)(F)F)n2)(C2CC(F)(F)C2)NC(=NC2CC(F)(F)C2)N1. The van der Waals surface area contributed by atoms with Gasteiger partial charge in [0.15, 0.2) is 16.6 Å². The first-order valence-electron chi connectivity index (χ1n) is 8.55. The van der Waals surface area contributed by atoms with Crippen LogP contribution in [0.5, 0.6) is 0 Å². The number of hydrogen-bond acceptors (Lipinski definition) is 5. The van der Waals surface area contributed by atoms with Crippen LogP contribution >= 0.6 is 11.3 Å². The Morgan fingerprint density at radius 2 is 1.72 bits per heavy atom. The lowest BCUT2D eigenvalue weighted by Gasteiger charge is -2.48. The van der Waals surface area contributed by atoms with E-state index in [9.17, 15) is 30.7 Å². The largest absolute Gasteiger partial charge is 0.443 e. The Bertz CT molecular complexity index is 863. The van der Waals surface area contributed by atoms with Crippen LogP contribution in [0.4, 0.5) is 30.7 Å². The molecule has 160 valence electrons. The van der Waals surface area contributed by atoms with E-state index < -0.39 is 66.3 Å². The van der Waals surface area contributed by atoms with E-state index in [0.29, 0.717) is 11.3 Å². The minimum atomic E-state index is -4.72. The average Bonchev–Trinajstić information content (AvgIpc) is 3.00. The number of nitrogens with zero attached hydrogens (tertiary/aromatic N) is 3. The summed E-state index contributed by atoms with van der Waals surface area (Å²) in [6, 6.07) is -0.743. The fourth-order valence-electron chi connectivity index (χ4n) is 3.61. The van der Waals surface area contributed by atoms with E-state index >= 15 is 0 Å². The van der Waals surface area contributed by atoms with E-state index in [2.05, 4.69) is 25.6 Å². The first-order chi connectivity index (χ1) is 13.3. The zero-order chi connectivity index (χ0) is 21.2. The van der Waals surface area contributed by atoms with Crippen molar-refractivity contribution in [1.29, 1.82) is 0 Å². The molecule has 1 unspecified atom stereocenters. The Kier molecular flexibility index (Phi) is 4.30. The number of rotatable bonds is 3. The normalized spacial score (nSPS) is 30.7. The van der Waals surface area contributed by atoms with Crippen LogP contribution in [0.1, 0.15) is 36.4 Å². The maximum absolute atomic E-state index is 13.5. The van der Waals surface area contributed by atoms with Gasteiger partial charge in [0.2, 0.25) is 11.9 Å². The molecule has 4 rings (SSSR count). The summed E-state index contributed by atoms with van der Waals surface area (Å²) in [7, 11) is 0. The van der Waals surface area contributed by atoms with Gasteiger partial charge in [0.1, 0.15) is 5.69 Å². The molecule has 0 aromatic carbocycles. The van der Waals surface area contributed by atoms with Crippen LogP contribution in [0.25, 0.3) is 0 Å². The minimum absolute atomic E-state index is 0.116. The molecule has 29 heavy (non-hydrogen) atoms. The molecule has 2 saturated carbocycles. The maximum Gasteiger partial charge on any atom is 0.443 e. The lowest BCUT2D eigenvalue weighted by molar-refractivity contribution is -0.140. The molecule has 0 spiro atoms. The summed E-state index contributed by atoms with van der Waals surface area (Å²) < 4.78 is 92.2. The van der Waals surface area contributed by atoms with Gasteiger partial charge in [0.05, 0.1) is 6.04 Å². The zero-order valence-electron chi connectivity index (χ0n) is 14.5. The van der Waals surface area contributed by atoms with Gasteiger partial charge in [0, 0.05) is 37.0 Å². The van der Waals surface area contributed by atoms with Crippen molar-refractivity contribution in [1.82, 2.24) is 15.6 Å². The van der Waals surface area contributed by atoms with Crippen molar-refractivity contribution >= 4 is 23.3 Å². The Labute approximate surface area is 163 Å². The predicted molar refractivity (Wildman–Crippen MR) is 89.8 cm³/mol. The number of hydrogen-bond donors (Lipinski definition) is 3. The van der Waals surface area contributed by atoms with Crippen LogP contribution in [0.2, 0.25) is 0 Å². The van der Waals surface area contributed by atoms with Crippen molar-refractivity contribution in [3.8, 4) is 0 Å². The second kappa shape index (κ2) is 6.19. The van der Waals surface area contributed by atoms with Gasteiger partial charge in [0.25, 0.3) is 5.92 Å². The highest BCUT2D eigenvalue weighted by Crippen LogP contribution is 2.52. The summed E-state index contributed by atoms with van der Waals surface area (Å²) in [4.78, 5) is 11.7. The lowest BCUT2D eigenvalue weighted by Crippen LogP contribution is -2.65. The molecule has 1 aromatic heterocycles. The molecule has 0 amide bonds. The molecule has 0 radical (unpaired) electrons. The molecule has 2 fully saturated rings. The number of aromatic nitrogens is 1. The molecule has 2 aliphatic carbocycles. The Morgan fingerprint density at radius 3 is 2.24 bits per heavy atom. The van der Waals surface area contributed by atoms with Crippen molar-refractivity contribution in [2.24, 2.45) is 21.6 Å². The molecular weight excluding hydrogens is 429 g/mol. The molecule has 4 N–H and O–H groups in total. The molecule has 14 heteroatoms. The second-order valence-electron chi connectivity index (χ2n) is 7.41. The van der Waals surface area contributed by atoms with Crippen molar-refractivity contribution in [2.45, 2.75) is 55.4 Å². The van der Waals surface area contributed by atoms with E-state index in [1.165, 1.54) is 0 Å². The van der Waals surface area contributed by atoms with Crippen molar-refractivity contribution in [3.63, 3.8) is 0 Å². The highest BCUT2D eigenvalue weighted by atomic mass is 32.1. The van der Waals surface area contributed by atoms with Crippen LogP contribution in [-0.4, -0.2) is 34.8 Å². The minimum Gasteiger partial charge on any atom is -0.370 e. The van der Waals surface area contributed by atoms with Gasteiger partial charge in [-0.25, -0.2) is 32.5 Å². The van der Waals surface area contributed by atoms with Crippen molar-refractivity contribution < 1.29 is 30.7 Å². The summed E-state index contributed by atoms with van der Waals surface area (Å²) in [5, 5.41) is 5.14. The van der Waals surface area contributed by atoms with E-state index in [0.717, 1.165) is 5.38 Å². The Balaban J connectivity index is 1.70. The van der Waals surface area contributed by atoms with Gasteiger partial charge >= 0.3 is 6.18 Å². The van der Waals surface area contributed by atoms with Crippen molar-refractivity contribution in [2.75, 3.05) is 0 Å². The number of guanidine groups is 2. The predicted octanol–water partition coefficient (Wildman–Crippen LogP) is 3.02. The number of halogens is 7. The third-order valence-electron chi connectivity index (χ3n) is 5.05. The maximum atomic E-state index is 13.5. The third kappa shape index (κ3) is 3.73. The van der Waals surface area contributed by atoms with Crippen LogP contribution in [0.3, 0.4) is 0 Å². The van der Waals surface area contributed by atoms with E-state index in [4.69, 9.17) is 5.73 Å². The lowest BCUT2D eigenvalue weighted by atomic mass is 9.71. The van der Waals surface area contributed by atoms with E-state index in [1.54, 1.807) is 0 Å². The van der Waals surface area contributed by atoms with Gasteiger partial charge in [-0.2, -0.15) is 13.2 Å². The van der Waals surface area contributed by atoms with Gasteiger partial charge < -0.3 is 11.1 Å². The number of alkyl halides is 7. The summed E-state index contributed by atoms with van der Waals surface area (Å²) in [5.41, 5.74) is 3.71. The number of nitrogens with two attached hydrogens (primary N) is 1. The zero-order valence-corrected chi connectivity index (χ0v) is 15.3. The third-order valence-corrected chi connectivity index (χ3v) is 5.94. The molecule has 1 aromatic rings. The average molecular weight is 444 g/mol. The smallest absolute Gasteiger partial charge is 0.370 e.